The molecule has 7 N–H and O–H groups in total. The number of carbonyl (C=O) groups is 5. The van der Waals surface area contributed by atoms with Gasteiger partial charge in [-0.3, -0.25) is 38.5 Å². The van der Waals surface area contributed by atoms with Crippen LogP contribution in [0.2, 0.25) is 0 Å². The van der Waals surface area contributed by atoms with E-state index >= 15 is 0 Å². The van der Waals surface area contributed by atoms with Crippen molar-refractivity contribution in [1.29, 1.82) is 0 Å². The van der Waals surface area contributed by atoms with Gasteiger partial charge in [-0.05, 0) is 49.7 Å². The van der Waals surface area contributed by atoms with Gasteiger partial charge in [0.15, 0.2) is 0 Å². The molecule has 0 saturated heterocycles. The number of aliphatic carboxylic acids is 5. The normalized spacial score (nSPS) is 16.9. The Balaban J connectivity index is 1.76. The third kappa shape index (κ3) is 13.6. The van der Waals surface area contributed by atoms with Gasteiger partial charge in [-0.15, -0.1) is 0 Å². The SMILES string of the molecule is CCC(CCN(CC(=O)O)CC(COP(=O)(O)OC1CCC(c2ccccc2)(c2ccccc2)CC1)N(CC(=O)O)CC(=O)O)NC(C(=O)O)C(=O)O. The topological polar surface area (TPSA) is 261 Å². The van der Waals surface area contributed by atoms with Gasteiger partial charge in [0.2, 0.25) is 6.04 Å². The zero-order chi connectivity index (χ0) is 39.2. The first-order chi connectivity index (χ1) is 25.0. The Labute approximate surface area is 306 Å². The summed E-state index contributed by atoms with van der Waals surface area (Å²) in [6, 6.07) is 16.0. The molecule has 53 heavy (non-hydrogen) atoms. The second kappa shape index (κ2) is 20.3. The van der Waals surface area contributed by atoms with Crippen LogP contribution >= 0.6 is 7.82 Å². The number of rotatable bonds is 24. The molecular formula is C35H48N3O14P. The summed E-state index contributed by atoms with van der Waals surface area (Å²) < 4.78 is 24.3. The minimum Gasteiger partial charge on any atom is -0.480 e. The molecule has 292 valence electrons. The smallest absolute Gasteiger partial charge is 0.472 e. The number of carboxylic acids is 5. The van der Waals surface area contributed by atoms with Crippen molar-refractivity contribution in [3.8, 4) is 0 Å². The van der Waals surface area contributed by atoms with E-state index in [0.717, 1.165) is 16.0 Å². The number of phosphoric ester groups is 1. The van der Waals surface area contributed by atoms with Crippen molar-refractivity contribution in [3.05, 3.63) is 71.8 Å². The minimum absolute atomic E-state index is 0.0447. The van der Waals surface area contributed by atoms with Crippen molar-refractivity contribution in [3.63, 3.8) is 0 Å². The minimum atomic E-state index is -4.83. The molecule has 1 aliphatic carbocycles. The molecule has 3 rings (SSSR count). The molecular weight excluding hydrogens is 717 g/mol. The first kappa shape index (κ1) is 43.2. The van der Waals surface area contributed by atoms with Crippen molar-refractivity contribution in [2.75, 3.05) is 39.3 Å². The lowest BCUT2D eigenvalue weighted by Crippen LogP contribution is -2.52. The molecule has 1 saturated carbocycles. The van der Waals surface area contributed by atoms with Gasteiger partial charge in [0.1, 0.15) is 0 Å². The van der Waals surface area contributed by atoms with Crippen LogP contribution in [0, 0.1) is 0 Å². The molecule has 1 fully saturated rings. The van der Waals surface area contributed by atoms with E-state index < -0.39 is 88.1 Å². The van der Waals surface area contributed by atoms with Crippen LogP contribution < -0.4 is 5.32 Å². The van der Waals surface area contributed by atoms with Crippen molar-refractivity contribution < 1.29 is 68.0 Å². The lowest BCUT2D eigenvalue weighted by molar-refractivity contribution is -0.152. The average molecular weight is 766 g/mol. The first-order valence-electron chi connectivity index (χ1n) is 17.2. The van der Waals surface area contributed by atoms with E-state index in [1.165, 1.54) is 4.90 Å². The van der Waals surface area contributed by atoms with E-state index in [1.807, 2.05) is 60.7 Å². The largest absolute Gasteiger partial charge is 0.480 e. The lowest BCUT2D eigenvalue weighted by atomic mass is 9.65. The van der Waals surface area contributed by atoms with Crippen LogP contribution in [0.15, 0.2) is 60.7 Å². The maximum absolute atomic E-state index is 13.3. The molecule has 0 radical (unpaired) electrons. The number of nitrogens with one attached hydrogen (secondary N) is 1. The summed E-state index contributed by atoms with van der Waals surface area (Å²) in [5.41, 5.74) is 1.84. The molecule has 3 unspecified atom stereocenters. The number of nitrogens with zero attached hydrogens (tertiary/aromatic N) is 2. The van der Waals surface area contributed by atoms with Crippen LogP contribution in [-0.2, 0) is 43.0 Å². The number of carboxylic acid groups (broad SMARTS) is 5. The first-order valence-corrected chi connectivity index (χ1v) is 18.6. The zero-order valence-corrected chi connectivity index (χ0v) is 30.3. The molecule has 0 spiro atoms. The van der Waals surface area contributed by atoms with Crippen molar-refractivity contribution in [1.82, 2.24) is 15.1 Å². The van der Waals surface area contributed by atoms with E-state index in [2.05, 4.69) is 5.32 Å². The number of hydrogen-bond acceptors (Lipinski definition) is 11. The summed E-state index contributed by atoms with van der Waals surface area (Å²) in [6.07, 6.45) is 1.61. The number of benzene rings is 2. The van der Waals surface area contributed by atoms with Crippen LogP contribution in [0.5, 0.6) is 0 Å². The Morgan fingerprint density at radius 2 is 1.32 bits per heavy atom. The summed E-state index contributed by atoms with van der Waals surface area (Å²) in [7, 11) is -4.83. The van der Waals surface area contributed by atoms with Crippen molar-refractivity contribution in [2.24, 2.45) is 0 Å². The Hall–Kier alpha value is -4.22. The van der Waals surface area contributed by atoms with Crippen LogP contribution in [0.1, 0.15) is 56.6 Å². The predicted octanol–water partition coefficient (Wildman–Crippen LogP) is 2.57. The molecule has 1 aliphatic rings. The highest BCUT2D eigenvalue weighted by molar-refractivity contribution is 7.47. The van der Waals surface area contributed by atoms with E-state index in [0.29, 0.717) is 25.7 Å². The van der Waals surface area contributed by atoms with Crippen LogP contribution in [0.25, 0.3) is 0 Å². The average Bonchev–Trinajstić information content (AvgIpc) is 3.09. The fraction of sp³-hybridized carbons (Fsp3) is 0.514. The number of hydrogen-bond donors (Lipinski definition) is 7. The zero-order valence-electron chi connectivity index (χ0n) is 29.4. The maximum Gasteiger partial charge on any atom is 0.472 e. The Morgan fingerprint density at radius 1 is 0.830 bits per heavy atom. The van der Waals surface area contributed by atoms with Gasteiger partial charge in [-0.2, -0.15) is 0 Å². The Kier molecular flexibility index (Phi) is 16.5. The van der Waals surface area contributed by atoms with E-state index in [4.69, 9.17) is 9.05 Å². The molecule has 0 aliphatic heterocycles. The third-order valence-electron chi connectivity index (χ3n) is 9.36. The Morgan fingerprint density at radius 3 is 1.75 bits per heavy atom. The fourth-order valence-electron chi connectivity index (χ4n) is 6.73. The van der Waals surface area contributed by atoms with Gasteiger partial charge in [0.25, 0.3) is 0 Å². The van der Waals surface area contributed by atoms with Gasteiger partial charge in [0, 0.05) is 30.6 Å². The summed E-state index contributed by atoms with van der Waals surface area (Å²) in [6.45, 7) is -1.81. The van der Waals surface area contributed by atoms with Gasteiger partial charge in [-0.25, -0.2) is 14.2 Å². The molecule has 2 aromatic carbocycles. The van der Waals surface area contributed by atoms with Crippen LogP contribution in [0.3, 0.4) is 0 Å². The molecule has 18 heteroatoms. The summed E-state index contributed by atoms with van der Waals surface area (Å²) >= 11 is 0. The second-order valence-corrected chi connectivity index (χ2v) is 14.4. The highest BCUT2D eigenvalue weighted by Crippen LogP contribution is 2.51. The van der Waals surface area contributed by atoms with E-state index in [1.54, 1.807) is 6.92 Å². The number of phosphoric acid groups is 1. The summed E-state index contributed by atoms with van der Waals surface area (Å²) in [4.78, 5) is 71.1. The van der Waals surface area contributed by atoms with Gasteiger partial charge < -0.3 is 30.4 Å². The van der Waals surface area contributed by atoms with Crippen LogP contribution in [0.4, 0.5) is 0 Å². The molecule has 0 heterocycles. The monoisotopic (exact) mass is 765 g/mol. The second-order valence-electron chi connectivity index (χ2n) is 13.0. The highest BCUT2D eigenvalue weighted by atomic mass is 31.2. The molecule has 3 atom stereocenters. The molecule has 17 nitrogen and oxygen atoms in total. The molecule has 2 aromatic rings. The summed E-state index contributed by atoms with van der Waals surface area (Å²) in [5, 5.41) is 49.7. The van der Waals surface area contributed by atoms with Gasteiger partial charge >= 0.3 is 37.7 Å². The van der Waals surface area contributed by atoms with E-state index in [9.17, 15) is 59.0 Å². The van der Waals surface area contributed by atoms with Crippen LogP contribution in [-0.4, -0.2) is 134 Å². The van der Waals surface area contributed by atoms with E-state index in [-0.39, 0.29) is 31.3 Å². The van der Waals surface area contributed by atoms with Gasteiger partial charge in [0.05, 0.1) is 32.3 Å². The molecule has 0 amide bonds. The molecule has 0 aromatic heterocycles. The predicted molar refractivity (Wildman–Crippen MR) is 188 cm³/mol. The summed E-state index contributed by atoms with van der Waals surface area (Å²) in [5.74, 6) is -7.39. The fourth-order valence-corrected chi connectivity index (χ4v) is 7.74. The quantitative estimate of drug-likeness (QED) is 0.0598. The lowest BCUT2D eigenvalue weighted by Gasteiger charge is -2.41. The molecule has 0 bridgehead atoms. The third-order valence-corrected chi connectivity index (χ3v) is 10.4. The van der Waals surface area contributed by atoms with Gasteiger partial charge in [-0.1, -0.05) is 67.6 Å². The Bertz CT molecular complexity index is 1500. The van der Waals surface area contributed by atoms with Crippen molar-refractivity contribution in [2.45, 2.75) is 75.1 Å². The standard InChI is InChI=1S/C35H48N3O14P/c1-2-26(36-32(33(45)46)34(47)48)15-18-37(20-29(39)40)19-27(38(21-30(41)42)22-31(43)44)23-51-53(49,50)52-28-13-16-35(17-14-28,24-9-5-3-6-10-24)25-11-7-4-8-12-25/h3-12,26-28,32,36H,2,13-23H2,1H3,(H,39,40)(H,41,42)(H,43,44)(H,45,46)(H,47,48)(H,49,50). The highest BCUT2D eigenvalue weighted by Gasteiger charge is 2.41. The van der Waals surface area contributed by atoms with Crippen molar-refractivity contribution >= 4 is 37.7 Å². The maximum atomic E-state index is 13.3.